The third-order valence-corrected chi connectivity index (χ3v) is 3.33. The summed E-state index contributed by atoms with van der Waals surface area (Å²) in [5.41, 5.74) is 2.61. The maximum absolute atomic E-state index is 13.6. The lowest BCUT2D eigenvalue weighted by Crippen LogP contribution is -2.23. The number of aromatic nitrogens is 1. The summed E-state index contributed by atoms with van der Waals surface area (Å²) in [6.07, 6.45) is 1.78. The summed E-state index contributed by atoms with van der Waals surface area (Å²) in [7, 11) is 0. The third-order valence-electron chi connectivity index (χ3n) is 3.33. The summed E-state index contributed by atoms with van der Waals surface area (Å²) in [5, 5.41) is 3.43. The zero-order valence-corrected chi connectivity index (χ0v) is 11.5. The molecule has 1 heterocycles. The van der Waals surface area contributed by atoms with E-state index < -0.39 is 0 Å². The Kier molecular flexibility index (Phi) is 4.27. The molecule has 19 heavy (non-hydrogen) atoms. The lowest BCUT2D eigenvalue weighted by molar-refractivity contribution is 0.483. The van der Waals surface area contributed by atoms with E-state index in [0.717, 1.165) is 11.3 Å². The number of benzene rings is 1. The molecule has 0 spiro atoms. The smallest absolute Gasteiger partial charge is 0.126 e. The summed E-state index contributed by atoms with van der Waals surface area (Å²) in [5.74, 6) is -0.156. The molecule has 0 saturated heterocycles. The molecule has 0 aliphatic carbocycles. The van der Waals surface area contributed by atoms with Gasteiger partial charge in [-0.15, -0.1) is 0 Å². The normalized spacial score (nSPS) is 14.1. The van der Waals surface area contributed by atoms with Gasteiger partial charge in [-0.1, -0.05) is 18.2 Å². The zero-order valence-electron chi connectivity index (χ0n) is 11.5. The van der Waals surface area contributed by atoms with Crippen LogP contribution < -0.4 is 5.32 Å². The lowest BCUT2D eigenvalue weighted by Gasteiger charge is -2.20. The summed E-state index contributed by atoms with van der Waals surface area (Å²) in [6.45, 7) is 5.86. The van der Waals surface area contributed by atoms with Crippen molar-refractivity contribution in [2.45, 2.75) is 32.9 Å². The molecule has 0 radical (unpaired) electrons. The fourth-order valence-electron chi connectivity index (χ4n) is 2.07. The molecule has 1 aromatic heterocycles. The predicted molar refractivity (Wildman–Crippen MR) is 75.3 cm³/mol. The maximum atomic E-state index is 13.6. The Morgan fingerprint density at radius 2 is 1.89 bits per heavy atom. The first-order valence-corrected chi connectivity index (χ1v) is 6.51. The van der Waals surface area contributed by atoms with Crippen LogP contribution in [0.15, 0.2) is 42.6 Å². The number of aryl methyl sites for hydroxylation is 1. The van der Waals surface area contributed by atoms with Crippen LogP contribution in [0.3, 0.4) is 0 Å². The second-order valence-corrected chi connectivity index (χ2v) is 4.87. The molecule has 3 heteroatoms. The minimum Gasteiger partial charge on any atom is -0.302 e. The molecule has 1 N–H and O–H groups in total. The number of nitrogens with one attached hydrogen (secondary N) is 1. The highest BCUT2D eigenvalue weighted by Crippen LogP contribution is 2.20. The largest absolute Gasteiger partial charge is 0.302 e. The Bertz CT molecular complexity index is 540. The predicted octanol–water partition coefficient (Wildman–Crippen LogP) is 3.94. The average Bonchev–Trinajstić information content (AvgIpc) is 2.42. The quantitative estimate of drug-likeness (QED) is 0.898. The van der Waals surface area contributed by atoms with Crippen molar-refractivity contribution in [2.75, 3.05) is 0 Å². The van der Waals surface area contributed by atoms with Gasteiger partial charge in [-0.2, -0.15) is 0 Å². The van der Waals surface area contributed by atoms with Crippen LogP contribution in [0, 0.1) is 12.7 Å². The Balaban J connectivity index is 2.08. The van der Waals surface area contributed by atoms with Crippen molar-refractivity contribution < 1.29 is 4.39 Å². The van der Waals surface area contributed by atoms with Gasteiger partial charge in [0.05, 0.1) is 5.69 Å². The van der Waals surface area contributed by atoms with Gasteiger partial charge in [-0.25, -0.2) is 4.39 Å². The van der Waals surface area contributed by atoms with Crippen LogP contribution in [0.5, 0.6) is 0 Å². The van der Waals surface area contributed by atoms with E-state index in [0.29, 0.717) is 5.56 Å². The summed E-state index contributed by atoms with van der Waals surface area (Å²) < 4.78 is 13.6. The lowest BCUT2D eigenvalue weighted by atomic mass is 10.0. The number of halogens is 1. The SMILES string of the molecule is Cc1ccc(C(C)N[C@@H](C)c2ccccn2)cc1F. The van der Waals surface area contributed by atoms with Crippen molar-refractivity contribution in [3.63, 3.8) is 0 Å². The van der Waals surface area contributed by atoms with Crippen molar-refractivity contribution in [3.8, 4) is 0 Å². The molecule has 0 aliphatic rings. The molecule has 0 aliphatic heterocycles. The second-order valence-electron chi connectivity index (χ2n) is 4.87. The standard InChI is InChI=1S/C16H19FN2/c1-11-7-8-14(10-15(11)17)12(2)19-13(3)16-6-4-5-9-18-16/h4-10,12-13,19H,1-3H3/t12?,13-/m0/s1. The van der Waals surface area contributed by atoms with E-state index >= 15 is 0 Å². The summed E-state index contributed by atoms with van der Waals surface area (Å²) in [4.78, 5) is 4.32. The van der Waals surface area contributed by atoms with Gasteiger partial charge >= 0.3 is 0 Å². The molecule has 2 nitrogen and oxygen atoms in total. The first-order chi connectivity index (χ1) is 9.08. The van der Waals surface area contributed by atoms with E-state index in [2.05, 4.69) is 17.2 Å². The molecule has 0 bridgehead atoms. The van der Waals surface area contributed by atoms with Gasteiger partial charge in [0.2, 0.25) is 0 Å². The first-order valence-electron chi connectivity index (χ1n) is 6.51. The zero-order chi connectivity index (χ0) is 13.8. The fourth-order valence-corrected chi connectivity index (χ4v) is 2.07. The molecule has 2 rings (SSSR count). The van der Waals surface area contributed by atoms with Crippen LogP contribution in [0.1, 0.15) is 42.8 Å². The molecule has 2 atom stereocenters. The minimum absolute atomic E-state index is 0.0760. The van der Waals surface area contributed by atoms with Gasteiger partial charge in [0.1, 0.15) is 5.82 Å². The highest BCUT2D eigenvalue weighted by Gasteiger charge is 2.12. The Morgan fingerprint density at radius 1 is 1.11 bits per heavy atom. The minimum atomic E-state index is -0.156. The number of hydrogen-bond acceptors (Lipinski definition) is 2. The molecule has 2 aromatic rings. The Labute approximate surface area is 113 Å². The van der Waals surface area contributed by atoms with Crippen molar-refractivity contribution in [3.05, 3.63) is 65.2 Å². The summed E-state index contributed by atoms with van der Waals surface area (Å²) >= 11 is 0. The van der Waals surface area contributed by atoms with E-state index in [1.54, 1.807) is 19.2 Å². The van der Waals surface area contributed by atoms with Crippen LogP contribution in [0.4, 0.5) is 4.39 Å². The van der Waals surface area contributed by atoms with Gasteiger partial charge in [0, 0.05) is 18.3 Å². The maximum Gasteiger partial charge on any atom is 0.126 e. The van der Waals surface area contributed by atoms with Gasteiger partial charge in [-0.3, -0.25) is 4.98 Å². The van der Waals surface area contributed by atoms with Gasteiger partial charge in [0.15, 0.2) is 0 Å². The number of rotatable bonds is 4. The van der Waals surface area contributed by atoms with Crippen molar-refractivity contribution in [1.82, 2.24) is 10.3 Å². The van der Waals surface area contributed by atoms with Gasteiger partial charge < -0.3 is 5.32 Å². The van der Waals surface area contributed by atoms with Crippen LogP contribution in [0.25, 0.3) is 0 Å². The van der Waals surface area contributed by atoms with Crippen molar-refractivity contribution in [1.29, 1.82) is 0 Å². The molecular weight excluding hydrogens is 239 g/mol. The summed E-state index contributed by atoms with van der Waals surface area (Å²) in [6, 6.07) is 11.4. The van der Waals surface area contributed by atoms with E-state index in [9.17, 15) is 4.39 Å². The number of nitrogens with zero attached hydrogens (tertiary/aromatic N) is 1. The van der Waals surface area contributed by atoms with Crippen LogP contribution >= 0.6 is 0 Å². The molecule has 0 fully saturated rings. The Morgan fingerprint density at radius 3 is 2.53 bits per heavy atom. The van der Waals surface area contributed by atoms with E-state index in [1.165, 1.54) is 0 Å². The van der Waals surface area contributed by atoms with Crippen LogP contribution in [-0.4, -0.2) is 4.98 Å². The highest BCUT2D eigenvalue weighted by atomic mass is 19.1. The van der Waals surface area contributed by atoms with Crippen LogP contribution in [0.2, 0.25) is 0 Å². The Hall–Kier alpha value is -1.74. The molecule has 1 unspecified atom stereocenters. The highest BCUT2D eigenvalue weighted by molar-refractivity contribution is 5.25. The second kappa shape index (κ2) is 5.93. The van der Waals surface area contributed by atoms with Crippen molar-refractivity contribution >= 4 is 0 Å². The topological polar surface area (TPSA) is 24.9 Å². The number of hydrogen-bond donors (Lipinski definition) is 1. The average molecular weight is 258 g/mol. The van der Waals surface area contributed by atoms with Crippen LogP contribution in [-0.2, 0) is 0 Å². The first kappa shape index (κ1) is 13.7. The molecule has 1 aromatic carbocycles. The van der Waals surface area contributed by atoms with E-state index in [-0.39, 0.29) is 17.9 Å². The van der Waals surface area contributed by atoms with E-state index in [1.807, 2.05) is 37.3 Å². The molecular formula is C16H19FN2. The van der Waals surface area contributed by atoms with Gasteiger partial charge in [0.25, 0.3) is 0 Å². The molecule has 0 amide bonds. The third kappa shape index (κ3) is 3.38. The molecule has 100 valence electrons. The number of pyridine rings is 1. The fraction of sp³-hybridized carbons (Fsp3) is 0.312. The van der Waals surface area contributed by atoms with Crippen molar-refractivity contribution in [2.24, 2.45) is 0 Å². The monoisotopic (exact) mass is 258 g/mol. The van der Waals surface area contributed by atoms with Gasteiger partial charge in [-0.05, 0) is 50.1 Å². The van der Waals surface area contributed by atoms with E-state index in [4.69, 9.17) is 0 Å². The molecule has 0 saturated carbocycles.